The number of anilines is 1. The smallest absolute Gasteiger partial charge is 0.371 e. The normalized spacial score (nSPS) is 19.2. The maximum absolute atomic E-state index is 14.0. The predicted octanol–water partition coefficient (Wildman–Crippen LogP) is 5.71. The van der Waals surface area contributed by atoms with Crippen LogP contribution < -0.4 is 4.90 Å². The molecule has 0 radical (unpaired) electrons. The Morgan fingerprint density at radius 3 is 2.13 bits per heavy atom. The molecule has 2 aliphatic rings. The lowest BCUT2D eigenvalue weighted by molar-refractivity contribution is -0.261. The largest absolute Gasteiger partial charge is 0.431 e. The summed E-state index contributed by atoms with van der Waals surface area (Å²) in [4.78, 5) is 29.9. The second kappa shape index (κ2) is 11.7. The van der Waals surface area contributed by atoms with E-state index in [0.29, 0.717) is 35.3 Å². The van der Waals surface area contributed by atoms with Gasteiger partial charge in [0.05, 0.1) is 15.5 Å². The van der Waals surface area contributed by atoms with E-state index in [1.807, 2.05) is 12.1 Å². The summed E-state index contributed by atoms with van der Waals surface area (Å²) >= 11 is 7.15. The molecule has 1 atom stereocenters. The monoisotopic (exact) mass is 585 g/mol. The van der Waals surface area contributed by atoms with Gasteiger partial charge in [0, 0.05) is 46.0 Å². The Kier molecular flexibility index (Phi) is 8.88. The first kappa shape index (κ1) is 29.7. The summed E-state index contributed by atoms with van der Waals surface area (Å²) in [5.41, 5.74) is -1.79. The van der Waals surface area contributed by atoms with Crippen LogP contribution in [0.5, 0.6) is 0 Å². The van der Waals surface area contributed by atoms with Crippen molar-refractivity contribution >= 4 is 40.4 Å². The number of carbonyl (C=O) groups is 2. The van der Waals surface area contributed by atoms with Gasteiger partial charge in [-0.1, -0.05) is 11.6 Å². The molecule has 2 aromatic rings. The number of aryl methyl sites for hydroxylation is 1. The molecule has 214 valence electrons. The molecule has 2 amide bonds. The zero-order valence-electron chi connectivity index (χ0n) is 22.4. The third kappa shape index (κ3) is 6.07. The van der Waals surface area contributed by atoms with Crippen LogP contribution in [0.3, 0.4) is 0 Å². The maximum atomic E-state index is 14.0. The zero-order valence-corrected chi connectivity index (χ0v) is 24.0. The summed E-state index contributed by atoms with van der Waals surface area (Å²) in [7, 11) is 3.38. The fourth-order valence-electron chi connectivity index (χ4n) is 5.70. The molecule has 4 rings (SSSR count). The molecule has 1 aromatic heterocycles. The van der Waals surface area contributed by atoms with Crippen LogP contribution in [0.25, 0.3) is 0 Å². The number of aliphatic hydroxyl groups is 1. The molecule has 1 N–H and O–H groups in total. The summed E-state index contributed by atoms with van der Waals surface area (Å²) in [6.45, 7) is 3.61. The van der Waals surface area contributed by atoms with Crippen LogP contribution in [0, 0.1) is 18.8 Å². The summed E-state index contributed by atoms with van der Waals surface area (Å²) in [6.07, 6.45) is -0.904. The van der Waals surface area contributed by atoms with Gasteiger partial charge in [-0.05, 0) is 86.1 Å². The van der Waals surface area contributed by atoms with E-state index in [9.17, 15) is 27.9 Å². The summed E-state index contributed by atoms with van der Waals surface area (Å²) in [6, 6.07) is 7.01. The molecule has 0 aliphatic carbocycles. The van der Waals surface area contributed by atoms with E-state index in [0.717, 1.165) is 49.4 Å². The fraction of sp³-hybridized carbons (Fsp3) is 0.571. The summed E-state index contributed by atoms with van der Waals surface area (Å²) < 4.78 is 41.9. The number of nitrogens with zero attached hydrogens (tertiary/aromatic N) is 3. The number of hydrogen-bond acceptors (Lipinski definition) is 5. The van der Waals surface area contributed by atoms with Crippen molar-refractivity contribution in [1.29, 1.82) is 0 Å². The predicted molar refractivity (Wildman–Crippen MR) is 147 cm³/mol. The molecule has 11 heteroatoms. The van der Waals surface area contributed by atoms with E-state index in [2.05, 4.69) is 4.90 Å². The van der Waals surface area contributed by atoms with Crippen molar-refractivity contribution in [3.63, 3.8) is 0 Å². The maximum Gasteiger partial charge on any atom is 0.431 e. The zero-order chi connectivity index (χ0) is 28.5. The molecular formula is C28H35ClF3N3O3S. The third-order valence-corrected chi connectivity index (χ3v) is 9.49. The van der Waals surface area contributed by atoms with E-state index in [1.54, 1.807) is 20.2 Å². The number of hydrogen-bond donors (Lipinski definition) is 1. The second-order valence-corrected chi connectivity index (χ2v) is 12.2. The number of halogens is 4. The molecule has 39 heavy (non-hydrogen) atoms. The molecular weight excluding hydrogens is 551 g/mol. The highest BCUT2D eigenvalue weighted by molar-refractivity contribution is 7.10. The van der Waals surface area contributed by atoms with Gasteiger partial charge in [-0.15, -0.1) is 11.3 Å². The summed E-state index contributed by atoms with van der Waals surface area (Å²) in [5, 5.41) is 12.6. The minimum absolute atomic E-state index is 0.136. The van der Waals surface area contributed by atoms with Crippen molar-refractivity contribution < 1.29 is 27.9 Å². The Morgan fingerprint density at radius 2 is 1.64 bits per heavy atom. The van der Waals surface area contributed by atoms with Crippen molar-refractivity contribution in [2.45, 2.75) is 50.8 Å². The van der Waals surface area contributed by atoms with Crippen molar-refractivity contribution in [3.05, 3.63) is 50.7 Å². The number of carbonyl (C=O) groups excluding carboxylic acids is 2. The molecule has 2 saturated heterocycles. The van der Waals surface area contributed by atoms with Crippen LogP contribution in [-0.2, 0) is 10.4 Å². The van der Waals surface area contributed by atoms with Gasteiger partial charge >= 0.3 is 6.18 Å². The number of alkyl halides is 3. The average Bonchev–Trinajstić information content (AvgIpc) is 3.33. The van der Waals surface area contributed by atoms with E-state index in [-0.39, 0.29) is 29.4 Å². The SMILES string of the molecule is Cc1ccsc1C(O)(C(=O)N1CCC(CC2CCN(c3ccc(C(=O)N(C)C)c(Cl)c3)CC2)CC1)C(F)(F)F. The highest BCUT2D eigenvalue weighted by atomic mass is 35.5. The number of likely N-dealkylation sites (tertiary alicyclic amines) is 1. The topological polar surface area (TPSA) is 64.1 Å². The number of benzene rings is 1. The van der Waals surface area contributed by atoms with Gasteiger partial charge in [0.2, 0.25) is 0 Å². The lowest BCUT2D eigenvalue weighted by atomic mass is 9.82. The molecule has 1 aromatic carbocycles. The standard InChI is InChI=1S/C28H35ClF3N3O3S/c1-18-10-15-39-24(18)27(38,28(30,31)32)26(37)35-13-8-20(9-14-35)16-19-6-11-34(12-7-19)21-4-5-22(23(29)17-21)25(36)33(2)3/h4-5,10,15,17,19-20,38H,6-9,11-14,16H2,1-3H3. The number of thiophene rings is 1. The van der Waals surface area contributed by atoms with Crippen LogP contribution in [0.4, 0.5) is 18.9 Å². The molecule has 3 heterocycles. The van der Waals surface area contributed by atoms with Crippen molar-refractivity contribution in [2.24, 2.45) is 11.8 Å². The molecule has 1 unspecified atom stereocenters. The summed E-state index contributed by atoms with van der Waals surface area (Å²) in [5.74, 6) is -0.578. The Morgan fingerprint density at radius 1 is 1.05 bits per heavy atom. The van der Waals surface area contributed by atoms with Gasteiger partial charge in [0.15, 0.2) is 0 Å². The quantitative estimate of drug-likeness (QED) is 0.472. The molecule has 0 spiro atoms. The van der Waals surface area contributed by atoms with E-state index in [1.165, 1.54) is 28.2 Å². The number of piperidine rings is 2. The third-order valence-electron chi connectivity index (χ3n) is 8.05. The minimum Gasteiger partial charge on any atom is -0.371 e. The highest BCUT2D eigenvalue weighted by Gasteiger charge is 2.63. The van der Waals surface area contributed by atoms with Crippen LogP contribution in [-0.4, -0.2) is 73.2 Å². The van der Waals surface area contributed by atoms with E-state index < -0.39 is 17.7 Å². The van der Waals surface area contributed by atoms with Crippen molar-refractivity contribution in [1.82, 2.24) is 9.80 Å². The first-order chi connectivity index (χ1) is 18.3. The van der Waals surface area contributed by atoms with Crippen LogP contribution >= 0.6 is 22.9 Å². The molecule has 6 nitrogen and oxygen atoms in total. The van der Waals surface area contributed by atoms with Gasteiger partial charge in [-0.2, -0.15) is 13.2 Å². The minimum atomic E-state index is -5.10. The molecule has 0 saturated carbocycles. The first-order valence-corrected chi connectivity index (χ1v) is 14.5. The van der Waals surface area contributed by atoms with Crippen molar-refractivity contribution in [3.8, 4) is 0 Å². The van der Waals surface area contributed by atoms with Gasteiger partial charge < -0.3 is 19.8 Å². The van der Waals surface area contributed by atoms with Gasteiger partial charge in [0.25, 0.3) is 17.4 Å². The van der Waals surface area contributed by atoms with Crippen molar-refractivity contribution in [2.75, 3.05) is 45.2 Å². The number of rotatable bonds is 6. The van der Waals surface area contributed by atoms with Crippen LogP contribution in [0.2, 0.25) is 5.02 Å². The Labute approximate surface area is 236 Å². The Bertz CT molecular complexity index is 1190. The van der Waals surface area contributed by atoms with Gasteiger partial charge in [-0.3, -0.25) is 9.59 Å². The highest BCUT2D eigenvalue weighted by Crippen LogP contribution is 2.44. The lowest BCUT2D eigenvalue weighted by Crippen LogP contribution is -2.57. The average molecular weight is 586 g/mol. The van der Waals surface area contributed by atoms with Gasteiger partial charge in [-0.25, -0.2) is 0 Å². The van der Waals surface area contributed by atoms with E-state index >= 15 is 0 Å². The van der Waals surface area contributed by atoms with Crippen LogP contribution in [0.1, 0.15) is 52.9 Å². The second-order valence-electron chi connectivity index (χ2n) is 10.9. The molecule has 2 fully saturated rings. The number of amides is 2. The molecule has 0 bridgehead atoms. The molecule has 2 aliphatic heterocycles. The van der Waals surface area contributed by atoms with Gasteiger partial charge in [0.1, 0.15) is 0 Å². The Balaban J connectivity index is 1.29. The lowest BCUT2D eigenvalue weighted by Gasteiger charge is -2.40. The Hall–Kier alpha value is -2.30. The van der Waals surface area contributed by atoms with Crippen LogP contribution in [0.15, 0.2) is 29.6 Å². The fourth-order valence-corrected chi connectivity index (χ4v) is 7.00. The first-order valence-electron chi connectivity index (χ1n) is 13.2. The van der Waals surface area contributed by atoms with E-state index in [4.69, 9.17) is 11.6 Å².